The van der Waals surface area contributed by atoms with E-state index in [1.165, 1.54) is 37.0 Å². The number of hydrogen-bond donors (Lipinski definition) is 1. The fourth-order valence-electron chi connectivity index (χ4n) is 2.00. The van der Waals surface area contributed by atoms with Gasteiger partial charge >= 0.3 is 5.97 Å². The predicted octanol–water partition coefficient (Wildman–Crippen LogP) is 4.80. The molecule has 1 N–H and O–H groups in total. The first-order valence-electron chi connectivity index (χ1n) is 7.61. The minimum absolute atomic E-state index is 0.0687. The van der Waals surface area contributed by atoms with E-state index in [0.717, 1.165) is 5.75 Å². The van der Waals surface area contributed by atoms with Gasteiger partial charge in [-0.3, -0.25) is 9.59 Å². The van der Waals surface area contributed by atoms with E-state index in [0.29, 0.717) is 5.56 Å². The van der Waals surface area contributed by atoms with E-state index >= 15 is 0 Å². The molecule has 0 aliphatic carbocycles. The molecule has 0 aliphatic heterocycles. The predicted molar refractivity (Wildman–Crippen MR) is 87.1 cm³/mol. The molecule has 3 nitrogen and oxygen atoms in total. The molecule has 0 radical (unpaired) electrons. The van der Waals surface area contributed by atoms with Gasteiger partial charge in [-0.15, -0.1) is 11.8 Å². The second-order valence-electron chi connectivity index (χ2n) is 5.10. The number of benzene rings is 1. The molecule has 0 aliphatic rings. The van der Waals surface area contributed by atoms with Crippen molar-refractivity contribution >= 4 is 23.5 Å². The molecule has 0 saturated heterocycles. The summed E-state index contributed by atoms with van der Waals surface area (Å²) in [5, 5.41) is 8.57. The highest BCUT2D eigenvalue weighted by atomic mass is 32.2. The Bertz CT molecular complexity index is 440. The maximum absolute atomic E-state index is 11.8. The third-order valence-corrected chi connectivity index (χ3v) is 4.36. The SMILES string of the molecule is CCCCCCCSc1ccc(C(=O)CCC(=O)O)cc1. The van der Waals surface area contributed by atoms with Gasteiger partial charge in [0.15, 0.2) is 5.78 Å². The second kappa shape index (κ2) is 10.4. The van der Waals surface area contributed by atoms with E-state index in [1.807, 2.05) is 23.9 Å². The summed E-state index contributed by atoms with van der Waals surface area (Å²) in [7, 11) is 0. The van der Waals surface area contributed by atoms with E-state index in [4.69, 9.17) is 5.11 Å². The van der Waals surface area contributed by atoms with Gasteiger partial charge in [-0.2, -0.15) is 0 Å². The van der Waals surface area contributed by atoms with Crippen LogP contribution in [-0.2, 0) is 4.79 Å². The summed E-state index contributed by atoms with van der Waals surface area (Å²) >= 11 is 1.81. The number of Topliss-reactive ketones (excluding diaryl/α,β-unsaturated/α-hetero) is 1. The average Bonchev–Trinajstić information content (AvgIpc) is 2.49. The number of aliphatic carboxylic acids is 1. The number of hydrogen-bond acceptors (Lipinski definition) is 3. The van der Waals surface area contributed by atoms with Crippen molar-refractivity contribution in [2.75, 3.05) is 5.75 Å². The fourth-order valence-corrected chi connectivity index (χ4v) is 2.91. The number of carboxylic acids is 1. The smallest absolute Gasteiger partial charge is 0.303 e. The van der Waals surface area contributed by atoms with Gasteiger partial charge < -0.3 is 5.11 Å². The van der Waals surface area contributed by atoms with Crippen molar-refractivity contribution in [3.8, 4) is 0 Å². The van der Waals surface area contributed by atoms with Gasteiger partial charge in [-0.1, -0.05) is 44.7 Å². The van der Waals surface area contributed by atoms with Crippen LogP contribution in [0.5, 0.6) is 0 Å². The van der Waals surface area contributed by atoms with Crippen LogP contribution in [-0.4, -0.2) is 22.6 Å². The van der Waals surface area contributed by atoms with Gasteiger partial charge in [0.2, 0.25) is 0 Å². The van der Waals surface area contributed by atoms with Crippen molar-refractivity contribution < 1.29 is 14.7 Å². The zero-order valence-electron chi connectivity index (χ0n) is 12.6. The first-order chi connectivity index (χ1) is 10.1. The van der Waals surface area contributed by atoms with Crippen LogP contribution >= 0.6 is 11.8 Å². The quantitative estimate of drug-likeness (QED) is 0.362. The van der Waals surface area contributed by atoms with Gasteiger partial charge in [-0.25, -0.2) is 0 Å². The molecule has 116 valence electrons. The largest absolute Gasteiger partial charge is 0.481 e. The van der Waals surface area contributed by atoms with Gasteiger partial charge in [0, 0.05) is 16.9 Å². The summed E-state index contributed by atoms with van der Waals surface area (Å²) in [5.74, 6) is 0.0721. The topological polar surface area (TPSA) is 54.4 Å². The molecule has 0 saturated carbocycles. The van der Waals surface area contributed by atoms with E-state index in [1.54, 1.807) is 12.1 Å². The number of carbonyl (C=O) groups excluding carboxylic acids is 1. The minimum Gasteiger partial charge on any atom is -0.481 e. The second-order valence-corrected chi connectivity index (χ2v) is 6.27. The lowest BCUT2D eigenvalue weighted by atomic mass is 10.1. The van der Waals surface area contributed by atoms with Crippen molar-refractivity contribution in [1.29, 1.82) is 0 Å². The van der Waals surface area contributed by atoms with Crippen LogP contribution in [0.1, 0.15) is 62.2 Å². The number of carboxylic acid groups (broad SMARTS) is 1. The lowest BCUT2D eigenvalue weighted by Crippen LogP contribution is -2.03. The highest BCUT2D eigenvalue weighted by Crippen LogP contribution is 2.21. The average molecular weight is 308 g/mol. The Morgan fingerprint density at radius 3 is 2.29 bits per heavy atom. The summed E-state index contributed by atoms with van der Waals surface area (Å²) in [6.45, 7) is 2.22. The molecular weight excluding hydrogens is 284 g/mol. The third kappa shape index (κ3) is 7.90. The van der Waals surface area contributed by atoms with E-state index in [9.17, 15) is 9.59 Å². The standard InChI is InChI=1S/C17H24O3S/c1-2-3-4-5-6-13-21-15-9-7-14(8-10-15)16(18)11-12-17(19)20/h7-10H,2-6,11-13H2,1H3,(H,19,20). The number of rotatable bonds is 11. The molecule has 0 atom stereocenters. The normalized spacial score (nSPS) is 10.5. The first kappa shape index (κ1) is 17.8. The molecule has 21 heavy (non-hydrogen) atoms. The molecular formula is C17H24O3S. The van der Waals surface area contributed by atoms with Crippen LogP contribution in [0.15, 0.2) is 29.2 Å². The van der Waals surface area contributed by atoms with Gasteiger partial charge in [0.05, 0.1) is 6.42 Å². The summed E-state index contributed by atoms with van der Waals surface area (Å²) < 4.78 is 0. The number of unbranched alkanes of at least 4 members (excludes halogenated alkanes) is 4. The monoisotopic (exact) mass is 308 g/mol. The molecule has 4 heteroatoms. The Morgan fingerprint density at radius 2 is 1.67 bits per heavy atom. The summed E-state index contributed by atoms with van der Waals surface area (Å²) in [4.78, 5) is 23.4. The molecule has 0 heterocycles. The maximum Gasteiger partial charge on any atom is 0.303 e. The van der Waals surface area contributed by atoms with E-state index in [2.05, 4.69) is 6.92 Å². The Labute approximate surface area is 131 Å². The highest BCUT2D eigenvalue weighted by molar-refractivity contribution is 7.99. The molecule has 0 bridgehead atoms. The van der Waals surface area contributed by atoms with Crippen molar-refractivity contribution in [2.24, 2.45) is 0 Å². The van der Waals surface area contributed by atoms with Crippen LogP contribution in [0.3, 0.4) is 0 Å². The Hall–Kier alpha value is -1.29. The molecule has 1 aromatic rings. The zero-order valence-corrected chi connectivity index (χ0v) is 13.5. The van der Waals surface area contributed by atoms with Crippen molar-refractivity contribution in [1.82, 2.24) is 0 Å². The Kier molecular flexibility index (Phi) is 8.83. The molecule has 0 fully saturated rings. The Morgan fingerprint density at radius 1 is 1.00 bits per heavy atom. The maximum atomic E-state index is 11.8. The number of thioether (sulfide) groups is 1. The Balaban J connectivity index is 2.29. The van der Waals surface area contributed by atoms with Gasteiger partial charge in [0.1, 0.15) is 0 Å². The fraction of sp³-hybridized carbons (Fsp3) is 0.529. The first-order valence-corrected chi connectivity index (χ1v) is 8.60. The molecule has 0 unspecified atom stereocenters. The van der Waals surface area contributed by atoms with Crippen LogP contribution < -0.4 is 0 Å². The van der Waals surface area contributed by atoms with Crippen LogP contribution in [0.2, 0.25) is 0 Å². The van der Waals surface area contributed by atoms with Crippen molar-refractivity contribution in [2.45, 2.75) is 56.8 Å². The number of carbonyl (C=O) groups is 2. The van der Waals surface area contributed by atoms with E-state index in [-0.39, 0.29) is 18.6 Å². The number of ketones is 1. The van der Waals surface area contributed by atoms with Crippen molar-refractivity contribution in [3.05, 3.63) is 29.8 Å². The molecule has 1 rings (SSSR count). The lowest BCUT2D eigenvalue weighted by molar-refractivity contribution is -0.136. The summed E-state index contributed by atoms with van der Waals surface area (Å²) in [6.07, 6.45) is 6.37. The third-order valence-electron chi connectivity index (χ3n) is 3.26. The summed E-state index contributed by atoms with van der Waals surface area (Å²) in [5.41, 5.74) is 0.601. The van der Waals surface area contributed by atoms with Gasteiger partial charge in [0.25, 0.3) is 0 Å². The minimum atomic E-state index is -0.932. The highest BCUT2D eigenvalue weighted by Gasteiger charge is 2.08. The zero-order chi connectivity index (χ0) is 15.5. The van der Waals surface area contributed by atoms with Gasteiger partial charge in [-0.05, 0) is 24.3 Å². The lowest BCUT2D eigenvalue weighted by Gasteiger charge is -2.04. The molecule has 1 aromatic carbocycles. The molecule has 0 amide bonds. The van der Waals surface area contributed by atoms with Crippen LogP contribution in [0.25, 0.3) is 0 Å². The van der Waals surface area contributed by atoms with Crippen LogP contribution in [0, 0.1) is 0 Å². The summed E-state index contributed by atoms with van der Waals surface area (Å²) in [6, 6.07) is 7.49. The van der Waals surface area contributed by atoms with Crippen LogP contribution in [0.4, 0.5) is 0 Å². The molecule has 0 spiro atoms. The van der Waals surface area contributed by atoms with E-state index < -0.39 is 5.97 Å². The van der Waals surface area contributed by atoms with Crippen molar-refractivity contribution in [3.63, 3.8) is 0 Å². The molecule has 0 aromatic heterocycles.